The third-order valence-corrected chi connectivity index (χ3v) is 4.15. The molecule has 0 aliphatic rings. The third kappa shape index (κ3) is 4.84. The molecule has 0 aliphatic carbocycles. The van der Waals surface area contributed by atoms with Gasteiger partial charge in [-0.1, -0.05) is 13.8 Å². The second kappa shape index (κ2) is 6.13. The van der Waals surface area contributed by atoms with E-state index >= 15 is 0 Å². The van der Waals surface area contributed by atoms with E-state index in [9.17, 15) is 8.42 Å². The van der Waals surface area contributed by atoms with Crippen LogP contribution in [0.2, 0.25) is 0 Å². The lowest BCUT2D eigenvalue weighted by molar-refractivity contribution is 0.463. The molecule has 0 aromatic carbocycles. The first-order valence-electron chi connectivity index (χ1n) is 5.57. The number of aromatic nitrogens is 2. The first-order valence-corrected chi connectivity index (χ1v) is 7.18. The predicted molar refractivity (Wildman–Crippen MR) is 67.0 cm³/mol. The molecule has 0 bridgehead atoms. The first kappa shape index (κ1) is 14.1. The van der Waals surface area contributed by atoms with E-state index in [4.69, 9.17) is 0 Å². The van der Waals surface area contributed by atoms with E-state index in [1.54, 1.807) is 19.4 Å². The molecule has 0 saturated heterocycles. The first-order chi connectivity index (χ1) is 7.92. The highest BCUT2D eigenvalue weighted by Gasteiger charge is 2.17. The molecule has 7 heteroatoms. The van der Waals surface area contributed by atoms with Gasteiger partial charge in [-0.15, -0.1) is 0 Å². The van der Waals surface area contributed by atoms with E-state index in [-0.39, 0.29) is 5.75 Å². The molecule has 0 radical (unpaired) electrons. The zero-order valence-electron chi connectivity index (χ0n) is 10.5. The number of nitrogens with zero attached hydrogens (tertiary/aromatic N) is 2. The Labute approximate surface area is 102 Å². The lowest BCUT2D eigenvalue weighted by atomic mass is 10.4. The molecule has 0 fully saturated rings. The van der Waals surface area contributed by atoms with Gasteiger partial charge in [0.05, 0.1) is 11.9 Å². The van der Waals surface area contributed by atoms with Crippen LogP contribution >= 0.6 is 0 Å². The molecule has 1 aromatic heterocycles. The Morgan fingerprint density at radius 3 is 2.76 bits per heavy atom. The van der Waals surface area contributed by atoms with Crippen molar-refractivity contribution in [3.63, 3.8) is 0 Å². The summed E-state index contributed by atoms with van der Waals surface area (Å²) in [5, 5.41) is 9.54. The Kier molecular flexibility index (Phi) is 5.10. The Bertz CT molecular complexity index is 414. The molecule has 1 rings (SSSR count). The van der Waals surface area contributed by atoms with Crippen LogP contribution in [0.15, 0.2) is 12.4 Å². The van der Waals surface area contributed by atoms with Gasteiger partial charge in [0.2, 0.25) is 10.0 Å². The summed E-state index contributed by atoms with van der Waals surface area (Å²) in [7, 11) is -1.62. The summed E-state index contributed by atoms with van der Waals surface area (Å²) < 4.78 is 25.1. The van der Waals surface area contributed by atoms with Crippen molar-refractivity contribution in [2.45, 2.75) is 26.4 Å². The zero-order valence-corrected chi connectivity index (χ0v) is 11.3. The van der Waals surface area contributed by atoms with E-state index in [2.05, 4.69) is 15.5 Å². The van der Waals surface area contributed by atoms with Crippen LogP contribution in [0.1, 0.15) is 19.4 Å². The average Bonchev–Trinajstić information content (AvgIpc) is 2.69. The largest absolute Gasteiger partial charge is 0.313 e. The number of hydrogen-bond acceptors (Lipinski definition) is 4. The number of nitrogens with one attached hydrogen (secondary N) is 2. The molecule has 0 spiro atoms. The highest BCUT2D eigenvalue weighted by atomic mass is 32.2. The summed E-state index contributed by atoms with van der Waals surface area (Å²) in [6, 6.07) is 0.296. The molecule has 0 atom stereocenters. The topological polar surface area (TPSA) is 78.1 Å². The number of sulfonamides is 1. The summed E-state index contributed by atoms with van der Waals surface area (Å²) >= 11 is 0. The Morgan fingerprint density at radius 1 is 1.53 bits per heavy atom. The van der Waals surface area contributed by atoms with Crippen LogP contribution in [-0.4, -0.2) is 48.3 Å². The van der Waals surface area contributed by atoms with Gasteiger partial charge in [0, 0.05) is 37.9 Å². The molecular weight excluding hydrogens is 240 g/mol. The maximum atomic E-state index is 11.9. The van der Waals surface area contributed by atoms with Crippen LogP contribution in [0.5, 0.6) is 0 Å². The average molecular weight is 260 g/mol. The van der Waals surface area contributed by atoms with Crippen molar-refractivity contribution in [2.24, 2.45) is 0 Å². The molecule has 0 unspecified atom stereocenters. The molecule has 98 valence electrons. The van der Waals surface area contributed by atoms with Crippen molar-refractivity contribution in [2.75, 3.05) is 19.3 Å². The summed E-state index contributed by atoms with van der Waals surface area (Å²) in [6.07, 6.45) is 3.32. The highest BCUT2D eigenvalue weighted by molar-refractivity contribution is 7.89. The van der Waals surface area contributed by atoms with Gasteiger partial charge in [-0.25, -0.2) is 12.7 Å². The summed E-state index contributed by atoms with van der Waals surface area (Å²) in [5.74, 6) is 0.111. The van der Waals surface area contributed by atoms with Gasteiger partial charge < -0.3 is 5.32 Å². The van der Waals surface area contributed by atoms with Crippen LogP contribution < -0.4 is 5.32 Å². The van der Waals surface area contributed by atoms with Gasteiger partial charge in [-0.05, 0) is 0 Å². The summed E-state index contributed by atoms with van der Waals surface area (Å²) in [5.41, 5.74) is 0.855. The fraction of sp³-hybridized carbons (Fsp3) is 0.700. The molecule has 0 amide bonds. The lowest BCUT2D eigenvalue weighted by Crippen LogP contribution is -2.35. The van der Waals surface area contributed by atoms with Crippen molar-refractivity contribution in [1.82, 2.24) is 19.8 Å². The maximum Gasteiger partial charge on any atom is 0.215 e. The van der Waals surface area contributed by atoms with E-state index in [1.165, 1.54) is 4.31 Å². The summed E-state index contributed by atoms with van der Waals surface area (Å²) in [4.78, 5) is 0. The number of H-pyrrole nitrogens is 1. The Hall–Kier alpha value is -0.920. The molecular formula is C10H20N4O2S. The van der Waals surface area contributed by atoms with Crippen molar-refractivity contribution >= 4 is 10.0 Å². The highest BCUT2D eigenvalue weighted by Crippen LogP contribution is 2.05. The smallest absolute Gasteiger partial charge is 0.215 e. The molecule has 6 nitrogen and oxygen atoms in total. The number of rotatable bonds is 7. The molecule has 17 heavy (non-hydrogen) atoms. The van der Waals surface area contributed by atoms with Crippen LogP contribution in [-0.2, 0) is 16.6 Å². The number of hydrogen-bond donors (Lipinski definition) is 2. The van der Waals surface area contributed by atoms with E-state index in [0.717, 1.165) is 5.56 Å². The monoisotopic (exact) mass is 260 g/mol. The minimum Gasteiger partial charge on any atom is -0.313 e. The van der Waals surface area contributed by atoms with Crippen LogP contribution in [0.3, 0.4) is 0 Å². The fourth-order valence-corrected chi connectivity index (χ4v) is 2.39. The lowest BCUT2D eigenvalue weighted by Gasteiger charge is -2.17. The van der Waals surface area contributed by atoms with E-state index in [1.807, 2.05) is 13.8 Å². The van der Waals surface area contributed by atoms with E-state index < -0.39 is 10.0 Å². The van der Waals surface area contributed by atoms with Crippen molar-refractivity contribution in [3.05, 3.63) is 18.0 Å². The second-order valence-corrected chi connectivity index (χ2v) is 6.48. The normalized spacial score (nSPS) is 12.5. The SMILES string of the molecule is CC(C)NCCS(=O)(=O)N(C)Cc1cn[nH]c1. The van der Waals surface area contributed by atoms with E-state index in [0.29, 0.717) is 19.1 Å². The zero-order chi connectivity index (χ0) is 12.9. The van der Waals surface area contributed by atoms with Gasteiger partial charge in [-0.2, -0.15) is 5.10 Å². The van der Waals surface area contributed by atoms with Gasteiger partial charge >= 0.3 is 0 Å². The quantitative estimate of drug-likeness (QED) is 0.732. The third-order valence-electron chi connectivity index (χ3n) is 2.35. The predicted octanol–water partition coefficient (Wildman–Crippen LogP) is 0.169. The number of aromatic amines is 1. The van der Waals surface area contributed by atoms with Crippen LogP contribution in [0.4, 0.5) is 0 Å². The maximum absolute atomic E-state index is 11.9. The standard InChI is InChI=1S/C10H20N4O2S/c1-9(2)11-4-5-17(15,16)14(3)8-10-6-12-13-7-10/h6-7,9,11H,4-5,8H2,1-3H3,(H,12,13). The second-order valence-electron chi connectivity index (χ2n) is 4.29. The van der Waals surface area contributed by atoms with Gasteiger partial charge in [-0.3, -0.25) is 5.10 Å². The molecule has 0 aliphatic heterocycles. The fourth-order valence-electron chi connectivity index (χ4n) is 1.35. The van der Waals surface area contributed by atoms with Gasteiger partial charge in [0.15, 0.2) is 0 Å². The van der Waals surface area contributed by atoms with Crippen molar-refractivity contribution < 1.29 is 8.42 Å². The van der Waals surface area contributed by atoms with Gasteiger partial charge in [0.25, 0.3) is 0 Å². The molecule has 1 heterocycles. The van der Waals surface area contributed by atoms with Crippen molar-refractivity contribution in [3.8, 4) is 0 Å². The van der Waals surface area contributed by atoms with Gasteiger partial charge in [0.1, 0.15) is 0 Å². The molecule has 2 N–H and O–H groups in total. The molecule has 0 saturated carbocycles. The van der Waals surface area contributed by atoms with Crippen LogP contribution in [0.25, 0.3) is 0 Å². The Morgan fingerprint density at radius 2 is 2.24 bits per heavy atom. The molecule has 1 aromatic rings. The Balaban J connectivity index is 2.46. The summed E-state index contributed by atoms with van der Waals surface area (Å²) in [6.45, 7) is 4.79. The van der Waals surface area contributed by atoms with Crippen LogP contribution in [0, 0.1) is 0 Å². The minimum absolute atomic E-state index is 0.111. The van der Waals surface area contributed by atoms with Crippen molar-refractivity contribution in [1.29, 1.82) is 0 Å². The minimum atomic E-state index is -3.20.